The lowest BCUT2D eigenvalue weighted by atomic mass is 9.95. The highest BCUT2D eigenvalue weighted by Crippen LogP contribution is 2.39. The third-order valence-electron chi connectivity index (χ3n) is 4.18. The minimum Gasteiger partial charge on any atom is -0.507 e. The molecule has 1 saturated heterocycles. The van der Waals surface area contributed by atoms with Gasteiger partial charge in [0.05, 0.1) is 18.2 Å². The van der Waals surface area contributed by atoms with E-state index >= 15 is 0 Å². The van der Waals surface area contributed by atoms with Crippen molar-refractivity contribution in [2.75, 3.05) is 13.2 Å². The van der Waals surface area contributed by atoms with E-state index in [1.54, 1.807) is 24.3 Å². The molecule has 2 aromatic carbocycles. The molecular weight excluding hydrogens is 405 g/mol. The molecule has 26 heavy (non-hydrogen) atoms. The smallest absolute Gasteiger partial charge is 0.295 e. The Bertz CT molecular complexity index is 877. The van der Waals surface area contributed by atoms with Crippen LogP contribution in [-0.4, -0.2) is 40.0 Å². The second kappa shape index (κ2) is 7.39. The van der Waals surface area contributed by atoms with E-state index in [4.69, 9.17) is 0 Å². The Balaban J connectivity index is 2.17. The highest BCUT2D eigenvalue weighted by molar-refractivity contribution is 9.10. The molecule has 3 rings (SSSR count). The van der Waals surface area contributed by atoms with Crippen molar-refractivity contribution in [3.05, 3.63) is 75.5 Å². The molecule has 7 heteroatoms. The first-order chi connectivity index (χ1) is 12.4. The van der Waals surface area contributed by atoms with E-state index < -0.39 is 23.5 Å². The summed E-state index contributed by atoms with van der Waals surface area (Å²) in [5.74, 6) is -2.42. The molecule has 2 aromatic rings. The first kappa shape index (κ1) is 18.3. The lowest BCUT2D eigenvalue weighted by Gasteiger charge is -2.24. The Morgan fingerprint density at radius 1 is 1.08 bits per heavy atom. The predicted molar refractivity (Wildman–Crippen MR) is 96.6 cm³/mol. The van der Waals surface area contributed by atoms with Crippen molar-refractivity contribution < 1.29 is 24.2 Å². The summed E-state index contributed by atoms with van der Waals surface area (Å²) in [7, 11) is 0. The Morgan fingerprint density at radius 2 is 1.69 bits per heavy atom. The number of β-amino-alcohol motifs (C(OH)–C–C–N with tert-alkyl or cyclic N) is 1. The lowest BCUT2D eigenvalue weighted by Crippen LogP contribution is -2.32. The maximum Gasteiger partial charge on any atom is 0.295 e. The molecule has 1 heterocycles. The number of Topliss-reactive ketones (excluding diaryl/α,β-unsaturated/α-hetero) is 1. The van der Waals surface area contributed by atoms with Crippen molar-refractivity contribution in [1.29, 1.82) is 0 Å². The minimum absolute atomic E-state index is 0.0796. The van der Waals surface area contributed by atoms with Gasteiger partial charge in [-0.1, -0.05) is 40.2 Å². The van der Waals surface area contributed by atoms with Crippen molar-refractivity contribution in [1.82, 2.24) is 4.90 Å². The van der Waals surface area contributed by atoms with Gasteiger partial charge in [0, 0.05) is 16.6 Å². The number of amides is 1. The molecule has 1 aliphatic heterocycles. The Hall–Kier alpha value is -2.51. The van der Waals surface area contributed by atoms with Gasteiger partial charge in [0.15, 0.2) is 0 Å². The van der Waals surface area contributed by atoms with Gasteiger partial charge in [0.1, 0.15) is 11.6 Å². The SMILES string of the molecule is O=C1C(=O)N(CCO)C(c2ccc(F)cc2)/C1=C(\O)c1ccc(Br)cc1. The highest BCUT2D eigenvalue weighted by Gasteiger charge is 2.45. The van der Waals surface area contributed by atoms with Crippen LogP contribution in [0.25, 0.3) is 5.76 Å². The minimum atomic E-state index is -0.897. The maximum absolute atomic E-state index is 13.3. The summed E-state index contributed by atoms with van der Waals surface area (Å²) in [4.78, 5) is 26.1. The monoisotopic (exact) mass is 419 g/mol. The summed E-state index contributed by atoms with van der Waals surface area (Å²) >= 11 is 3.29. The van der Waals surface area contributed by atoms with Gasteiger partial charge >= 0.3 is 0 Å². The molecule has 1 atom stereocenters. The number of carbonyl (C=O) groups excluding carboxylic acids is 2. The molecule has 0 saturated carbocycles. The predicted octanol–water partition coefficient (Wildman–Crippen LogP) is 3.00. The summed E-state index contributed by atoms with van der Waals surface area (Å²) in [6.07, 6.45) is 0. The topological polar surface area (TPSA) is 77.8 Å². The normalized spacial score (nSPS) is 19.2. The molecule has 1 aliphatic rings. The molecule has 0 aromatic heterocycles. The van der Waals surface area contributed by atoms with Crippen molar-refractivity contribution in [3.8, 4) is 0 Å². The number of hydrogen-bond donors (Lipinski definition) is 2. The van der Waals surface area contributed by atoms with Crippen LogP contribution in [0.2, 0.25) is 0 Å². The molecule has 1 amide bonds. The number of aliphatic hydroxyl groups is 2. The van der Waals surface area contributed by atoms with Gasteiger partial charge in [0.2, 0.25) is 0 Å². The summed E-state index contributed by atoms with van der Waals surface area (Å²) in [5, 5.41) is 20.0. The number of aliphatic hydroxyl groups excluding tert-OH is 2. The van der Waals surface area contributed by atoms with Crippen LogP contribution in [0.4, 0.5) is 4.39 Å². The van der Waals surface area contributed by atoms with Crippen LogP contribution >= 0.6 is 15.9 Å². The highest BCUT2D eigenvalue weighted by atomic mass is 79.9. The lowest BCUT2D eigenvalue weighted by molar-refractivity contribution is -0.140. The first-order valence-corrected chi connectivity index (χ1v) is 8.64. The largest absolute Gasteiger partial charge is 0.507 e. The second-order valence-corrected chi connectivity index (χ2v) is 6.69. The zero-order valence-electron chi connectivity index (χ0n) is 13.5. The maximum atomic E-state index is 13.3. The molecule has 1 fully saturated rings. The van der Waals surface area contributed by atoms with Gasteiger partial charge in [0.25, 0.3) is 11.7 Å². The van der Waals surface area contributed by atoms with Gasteiger partial charge in [-0.3, -0.25) is 9.59 Å². The summed E-state index contributed by atoms with van der Waals surface area (Å²) in [5.41, 5.74) is 0.761. The number of ketones is 1. The second-order valence-electron chi connectivity index (χ2n) is 5.77. The van der Waals surface area contributed by atoms with Gasteiger partial charge < -0.3 is 15.1 Å². The molecule has 5 nitrogen and oxygen atoms in total. The number of halogens is 2. The molecule has 0 spiro atoms. The van der Waals surface area contributed by atoms with E-state index in [1.165, 1.54) is 29.2 Å². The summed E-state index contributed by atoms with van der Waals surface area (Å²) < 4.78 is 14.1. The van der Waals surface area contributed by atoms with Crippen LogP contribution in [-0.2, 0) is 9.59 Å². The molecule has 0 bridgehead atoms. The zero-order valence-corrected chi connectivity index (χ0v) is 15.1. The average molecular weight is 420 g/mol. The zero-order chi connectivity index (χ0) is 18.8. The van der Waals surface area contributed by atoms with E-state index in [2.05, 4.69) is 15.9 Å². The molecular formula is C19H15BrFNO4. The van der Waals surface area contributed by atoms with Gasteiger partial charge in [-0.2, -0.15) is 0 Å². The molecule has 134 valence electrons. The first-order valence-electron chi connectivity index (χ1n) is 7.84. The van der Waals surface area contributed by atoms with Crippen LogP contribution in [0.3, 0.4) is 0 Å². The number of hydrogen-bond acceptors (Lipinski definition) is 4. The van der Waals surface area contributed by atoms with Gasteiger partial charge in [-0.15, -0.1) is 0 Å². The molecule has 0 radical (unpaired) electrons. The Labute approximate surface area is 157 Å². The van der Waals surface area contributed by atoms with Crippen LogP contribution in [0, 0.1) is 5.82 Å². The van der Waals surface area contributed by atoms with Crippen LogP contribution in [0.5, 0.6) is 0 Å². The third-order valence-corrected chi connectivity index (χ3v) is 4.71. The quantitative estimate of drug-likeness (QED) is 0.453. The van der Waals surface area contributed by atoms with Crippen LogP contribution < -0.4 is 0 Å². The molecule has 0 aliphatic carbocycles. The van der Waals surface area contributed by atoms with Crippen molar-refractivity contribution in [3.63, 3.8) is 0 Å². The average Bonchev–Trinajstić information content (AvgIpc) is 2.88. The number of nitrogens with zero attached hydrogens (tertiary/aromatic N) is 1. The number of likely N-dealkylation sites (tertiary alicyclic amines) is 1. The van der Waals surface area contributed by atoms with E-state index in [9.17, 15) is 24.2 Å². The standard InChI is InChI=1S/C19H15BrFNO4/c20-13-5-1-12(2-6-13)17(24)15-16(11-3-7-14(21)8-4-11)22(9-10-23)19(26)18(15)25/h1-8,16,23-24H,9-10H2/b17-15+. The Kier molecular flexibility index (Phi) is 5.20. The van der Waals surface area contributed by atoms with E-state index in [1.807, 2.05) is 0 Å². The van der Waals surface area contributed by atoms with Crippen molar-refractivity contribution in [2.45, 2.75) is 6.04 Å². The fraction of sp³-hybridized carbons (Fsp3) is 0.158. The van der Waals surface area contributed by atoms with Gasteiger partial charge in [-0.25, -0.2) is 4.39 Å². The van der Waals surface area contributed by atoms with E-state index in [0.29, 0.717) is 11.1 Å². The molecule has 2 N–H and O–H groups in total. The third kappa shape index (κ3) is 3.27. The molecule has 1 unspecified atom stereocenters. The number of carbonyl (C=O) groups is 2. The number of rotatable bonds is 4. The fourth-order valence-corrected chi connectivity index (χ4v) is 3.24. The van der Waals surface area contributed by atoms with E-state index in [0.717, 1.165) is 4.47 Å². The fourth-order valence-electron chi connectivity index (χ4n) is 2.97. The van der Waals surface area contributed by atoms with Crippen molar-refractivity contribution in [2.24, 2.45) is 0 Å². The Morgan fingerprint density at radius 3 is 2.27 bits per heavy atom. The summed E-state index contributed by atoms with van der Waals surface area (Å²) in [6, 6.07) is 11.1. The van der Waals surface area contributed by atoms with E-state index in [-0.39, 0.29) is 24.5 Å². The van der Waals surface area contributed by atoms with Crippen LogP contribution in [0.15, 0.2) is 58.6 Å². The van der Waals surface area contributed by atoms with Crippen LogP contribution in [0.1, 0.15) is 17.2 Å². The number of benzene rings is 2. The summed E-state index contributed by atoms with van der Waals surface area (Å²) in [6.45, 7) is -0.424. The van der Waals surface area contributed by atoms with Gasteiger partial charge in [-0.05, 0) is 29.8 Å². The van der Waals surface area contributed by atoms with Crippen molar-refractivity contribution >= 4 is 33.4 Å².